The van der Waals surface area contributed by atoms with E-state index in [0.29, 0.717) is 12.4 Å². The molecule has 0 amide bonds. The van der Waals surface area contributed by atoms with Gasteiger partial charge in [-0.15, -0.1) is 11.6 Å². The van der Waals surface area contributed by atoms with E-state index >= 15 is 0 Å². The smallest absolute Gasteiger partial charge is 0.245 e. The molecular weight excluding hydrogens is 194 g/mol. The van der Waals surface area contributed by atoms with Crippen LogP contribution in [0.5, 0.6) is 0 Å². The lowest BCUT2D eigenvalue weighted by Crippen LogP contribution is -1.99. The van der Waals surface area contributed by atoms with Gasteiger partial charge in [-0.25, -0.2) is 4.99 Å². The van der Waals surface area contributed by atoms with Crippen molar-refractivity contribution in [1.29, 1.82) is 0 Å². The largest absolute Gasteiger partial charge is 0.476 e. The van der Waals surface area contributed by atoms with Crippen LogP contribution >= 0.6 is 23.4 Å². The minimum atomic E-state index is 0.557. The van der Waals surface area contributed by atoms with Gasteiger partial charge in [0.05, 0.1) is 13.7 Å². The molecule has 0 aliphatic rings. The molecule has 0 aliphatic carbocycles. The van der Waals surface area contributed by atoms with Crippen LogP contribution in [0, 0.1) is 0 Å². The maximum Gasteiger partial charge on any atom is 0.245 e. The summed E-state index contributed by atoms with van der Waals surface area (Å²) in [5.74, 6) is 1.63. The van der Waals surface area contributed by atoms with Crippen molar-refractivity contribution < 1.29 is 4.74 Å². The highest BCUT2D eigenvalue weighted by Gasteiger charge is 1.97. The molecule has 0 atom stereocenters. The van der Waals surface area contributed by atoms with Gasteiger partial charge in [-0.2, -0.15) is 0 Å². The fourth-order valence-electron chi connectivity index (χ4n) is 0.606. The first-order valence-electron chi connectivity index (χ1n) is 4.12. The number of ether oxygens (including phenoxy) is 1. The number of methoxy groups -OCH3 is 1. The summed E-state index contributed by atoms with van der Waals surface area (Å²) in [5.41, 5.74) is 0. The Balaban J connectivity index is 3.52. The topological polar surface area (TPSA) is 21.6 Å². The second-order valence-corrected chi connectivity index (χ2v) is 3.67. The number of nitrogens with zero attached hydrogens (tertiary/aromatic N) is 1. The van der Waals surface area contributed by atoms with Crippen molar-refractivity contribution in [2.75, 3.05) is 25.3 Å². The first-order chi connectivity index (χ1) is 5.85. The maximum absolute atomic E-state index is 5.49. The molecular formula is C8H16ClNOS. The normalized spacial score (nSPS) is 11.8. The molecule has 0 saturated carbocycles. The third-order valence-corrected chi connectivity index (χ3v) is 2.43. The average molecular weight is 210 g/mol. The fraction of sp³-hybridized carbons (Fsp3) is 0.875. The molecule has 2 nitrogen and oxygen atoms in total. The molecule has 0 radical (unpaired) electrons. The van der Waals surface area contributed by atoms with Crippen molar-refractivity contribution >= 4 is 28.6 Å². The molecule has 0 aromatic rings. The highest BCUT2D eigenvalue weighted by Crippen LogP contribution is 2.08. The number of aliphatic imine (C=N–C) groups is 1. The Morgan fingerprint density at radius 1 is 1.58 bits per heavy atom. The minimum absolute atomic E-state index is 0.557. The second-order valence-electron chi connectivity index (χ2n) is 2.24. The summed E-state index contributed by atoms with van der Waals surface area (Å²) in [7, 11) is 1.64. The van der Waals surface area contributed by atoms with Crippen LogP contribution in [0.2, 0.25) is 0 Å². The van der Waals surface area contributed by atoms with E-state index in [1.807, 2.05) is 0 Å². The molecule has 0 saturated heterocycles. The van der Waals surface area contributed by atoms with Crippen molar-refractivity contribution in [1.82, 2.24) is 0 Å². The van der Waals surface area contributed by atoms with Gasteiger partial charge in [0.1, 0.15) is 0 Å². The molecule has 0 aromatic carbocycles. The Morgan fingerprint density at radius 2 is 2.33 bits per heavy atom. The lowest BCUT2D eigenvalue weighted by atomic mass is 10.4. The molecule has 0 unspecified atom stereocenters. The van der Waals surface area contributed by atoms with Crippen molar-refractivity contribution in [2.24, 2.45) is 4.99 Å². The Bertz CT molecular complexity index is 130. The third kappa shape index (κ3) is 6.80. The summed E-state index contributed by atoms with van der Waals surface area (Å²) >= 11 is 7.15. The van der Waals surface area contributed by atoms with Crippen LogP contribution in [-0.4, -0.2) is 30.5 Å². The minimum Gasteiger partial charge on any atom is -0.476 e. The summed E-state index contributed by atoms with van der Waals surface area (Å²) in [5, 5.41) is 0.754. The third-order valence-electron chi connectivity index (χ3n) is 1.22. The monoisotopic (exact) mass is 209 g/mol. The van der Waals surface area contributed by atoms with E-state index in [-0.39, 0.29) is 0 Å². The van der Waals surface area contributed by atoms with Crippen molar-refractivity contribution in [3.63, 3.8) is 0 Å². The van der Waals surface area contributed by atoms with E-state index < -0.39 is 0 Å². The van der Waals surface area contributed by atoms with E-state index in [1.165, 1.54) is 12.8 Å². The summed E-state index contributed by atoms with van der Waals surface area (Å²) < 4.78 is 5.05. The van der Waals surface area contributed by atoms with E-state index in [2.05, 4.69) is 11.9 Å². The van der Waals surface area contributed by atoms with Crippen LogP contribution in [0.25, 0.3) is 0 Å². The second kappa shape index (κ2) is 9.20. The molecule has 0 aromatic heterocycles. The first-order valence-corrected chi connectivity index (χ1v) is 5.64. The van der Waals surface area contributed by atoms with E-state index in [9.17, 15) is 0 Å². The molecule has 12 heavy (non-hydrogen) atoms. The summed E-state index contributed by atoms with van der Waals surface area (Å²) in [6.45, 7) is 2.81. The number of thioether (sulfide) groups is 1. The zero-order chi connectivity index (χ0) is 9.23. The Morgan fingerprint density at radius 3 is 2.83 bits per heavy atom. The standard InChI is InChI=1S/C8H16ClNOS/c1-3-4-7-12-8(11-2)10-6-5-9/h3-7H2,1-2H3. The van der Waals surface area contributed by atoms with E-state index in [0.717, 1.165) is 11.0 Å². The molecule has 0 N–H and O–H groups in total. The quantitative estimate of drug-likeness (QED) is 0.301. The van der Waals surface area contributed by atoms with Gasteiger partial charge in [-0.05, 0) is 6.42 Å². The van der Waals surface area contributed by atoms with Crippen LogP contribution in [0.15, 0.2) is 4.99 Å². The Hall–Kier alpha value is 0.110. The van der Waals surface area contributed by atoms with Crippen LogP contribution in [0.1, 0.15) is 19.8 Å². The predicted molar refractivity (Wildman–Crippen MR) is 57.4 cm³/mol. The average Bonchev–Trinajstić information content (AvgIpc) is 2.11. The lowest BCUT2D eigenvalue weighted by molar-refractivity contribution is 0.414. The van der Waals surface area contributed by atoms with Crippen molar-refractivity contribution in [3.8, 4) is 0 Å². The van der Waals surface area contributed by atoms with Crippen LogP contribution in [0.3, 0.4) is 0 Å². The number of rotatable bonds is 5. The number of hydrogen-bond acceptors (Lipinski definition) is 3. The van der Waals surface area contributed by atoms with Gasteiger partial charge in [-0.1, -0.05) is 25.1 Å². The maximum atomic E-state index is 5.49. The molecule has 0 rings (SSSR count). The van der Waals surface area contributed by atoms with Crippen molar-refractivity contribution in [2.45, 2.75) is 19.8 Å². The Labute approximate surface area is 83.7 Å². The molecule has 4 heteroatoms. The SMILES string of the molecule is CCCCSC(=NCCCl)OC. The highest BCUT2D eigenvalue weighted by atomic mass is 35.5. The zero-order valence-electron chi connectivity index (χ0n) is 7.68. The highest BCUT2D eigenvalue weighted by molar-refractivity contribution is 8.13. The molecule has 0 aliphatic heterocycles. The van der Waals surface area contributed by atoms with Crippen molar-refractivity contribution in [3.05, 3.63) is 0 Å². The van der Waals surface area contributed by atoms with E-state index in [1.54, 1.807) is 18.9 Å². The zero-order valence-corrected chi connectivity index (χ0v) is 9.25. The number of halogens is 1. The fourth-order valence-corrected chi connectivity index (χ4v) is 1.60. The summed E-state index contributed by atoms with van der Waals surface area (Å²) in [4.78, 5) is 4.16. The molecule has 0 fully saturated rings. The number of unbranched alkanes of at least 4 members (excludes halogenated alkanes) is 1. The van der Waals surface area contributed by atoms with Gasteiger partial charge in [-0.3, -0.25) is 0 Å². The summed E-state index contributed by atoms with van der Waals surface area (Å²) in [6, 6.07) is 0. The molecule has 72 valence electrons. The predicted octanol–water partition coefficient (Wildman–Crippen LogP) is 2.76. The van der Waals surface area contributed by atoms with Crippen LogP contribution < -0.4 is 0 Å². The number of hydrogen-bond donors (Lipinski definition) is 0. The van der Waals surface area contributed by atoms with Gasteiger partial charge in [0.15, 0.2) is 0 Å². The van der Waals surface area contributed by atoms with Gasteiger partial charge in [0.25, 0.3) is 0 Å². The van der Waals surface area contributed by atoms with Gasteiger partial charge < -0.3 is 4.74 Å². The van der Waals surface area contributed by atoms with Crippen LogP contribution in [-0.2, 0) is 4.74 Å². The Kier molecular flexibility index (Phi) is 9.28. The molecule has 0 heterocycles. The summed E-state index contributed by atoms with van der Waals surface area (Å²) in [6.07, 6.45) is 2.41. The van der Waals surface area contributed by atoms with E-state index in [4.69, 9.17) is 16.3 Å². The molecule has 0 bridgehead atoms. The van der Waals surface area contributed by atoms with Crippen LogP contribution in [0.4, 0.5) is 0 Å². The molecule has 0 spiro atoms. The number of alkyl halides is 1. The lowest BCUT2D eigenvalue weighted by Gasteiger charge is -2.02. The van der Waals surface area contributed by atoms with Gasteiger partial charge in [0.2, 0.25) is 5.23 Å². The van der Waals surface area contributed by atoms with Gasteiger partial charge in [0, 0.05) is 11.6 Å². The first kappa shape index (κ1) is 12.1. The van der Waals surface area contributed by atoms with Gasteiger partial charge >= 0.3 is 0 Å².